The Morgan fingerprint density at radius 1 is 1.12 bits per heavy atom. The number of nitrogens with zero attached hydrogens (tertiary/aromatic N) is 4. The second-order valence-corrected chi connectivity index (χ2v) is 8.22. The van der Waals surface area contributed by atoms with Gasteiger partial charge in [0.15, 0.2) is 5.78 Å². The van der Waals surface area contributed by atoms with Gasteiger partial charge in [-0.15, -0.1) is 0 Å². The third-order valence-electron chi connectivity index (χ3n) is 6.07. The Balaban J connectivity index is 1.73. The number of carbonyl (C=O) groups is 1. The first-order valence-electron chi connectivity index (χ1n) is 10.2. The van der Waals surface area contributed by atoms with Gasteiger partial charge in [-0.05, 0) is 29.5 Å². The van der Waals surface area contributed by atoms with Crippen LogP contribution in [0.3, 0.4) is 0 Å². The summed E-state index contributed by atoms with van der Waals surface area (Å²) in [5.74, 6) is -0.102. The Morgan fingerprint density at radius 3 is 2.56 bits per heavy atom. The summed E-state index contributed by atoms with van der Waals surface area (Å²) in [5.41, 5.74) is 9.82. The lowest BCUT2D eigenvalue weighted by atomic mass is 9.72. The van der Waals surface area contributed by atoms with Crippen molar-refractivity contribution < 1.29 is 4.79 Å². The predicted octanol–water partition coefficient (Wildman–Crippen LogP) is 4.16. The highest BCUT2D eigenvalue weighted by Crippen LogP contribution is 2.49. The summed E-state index contributed by atoms with van der Waals surface area (Å²) < 4.78 is 0. The number of nitrogens with one attached hydrogen (secondary N) is 1. The van der Waals surface area contributed by atoms with Crippen molar-refractivity contribution in [2.24, 2.45) is 5.73 Å². The molecule has 1 aliphatic heterocycles. The van der Waals surface area contributed by atoms with E-state index in [1.165, 1.54) is 6.33 Å². The molecule has 32 heavy (non-hydrogen) atoms. The van der Waals surface area contributed by atoms with Gasteiger partial charge >= 0.3 is 0 Å². The van der Waals surface area contributed by atoms with Gasteiger partial charge < -0.3 is 5.73 Å². The Bertz CT molecular complexity index is 1290. The highest BCUT2D eigenvalue weighted by Gasteiger charge is 2.44. The summed E-state index contributed by atoms with van der Waals surface area (Å²) in [7, 11) is 0. The molecule has 0 radical (unpaired) electrons. The number of rotatable bonds is 3. The minimum Gasteiger partial charge on any atom is -0.384 e. The first-order chi connectivity index (χ1) is 15.6. The molecule has 3 aromatic rings. The van der Waals surface area contributed by atoms with Gasteiger partial charge in [0.05, 0.1) is 17.6 Å². The predicted molar refractivity (Wildman–Crippen MR) is 120 cm³/mol. The number of aromatic amines is 1. The lowest BCUT2D eigenvalue weighted by molar-refractivity contribution is -0.116. The van der Waals surface area contributed by atoms with E-state index in [2.05, 4.69) is 21.3 Å². The Kier molecular flexibility index (Phi) is 5.00. The van der Waals surface area contributed by atoms with Gasteiger partial charge in [-0.1, -0.05) is 60.1 Å². The van der Waals surface area contributed by atoms with Crippen LogP contribution >= 0.6 is 11.6 Å². The van der Waals surface area contributed by atoms with Crippen molar-refractivity contribution in [1.82, 2.24) is 15.2 Å². The maximum Gasteiger partial charge on any atom is 0.231 e. The van der Waals surface area contributed by atoms with Crippen LogP contribution in [0.1, 0.15) is 35.8 Å². The van der Waals surface area contributed by atoms with Crippen molar-refractivity contribution in [3.05, 3.63) is 99.7 Å². The SMILES string of the molecule is N#CC1=C(N)N(c2ncn[nH]2)C2=C(C(=O)C[C@@H](c3ccccc3)C2)[C@@H]1c1ccccc1Cl. The number of nitrogens with two attached hydrogens (primary N) is 1. The number of hydrogen-bond acceptors (Lipinski definition) is 6. The van der Waals surface area contributed by atoms with Gasteiger partial charge in [-0.2, -0.15) is 15.3 Å². The van der Waals surface area contributed by atoms with E-state index in [4.69, 9.17) is 17.3 Å². The number of H-pyrrole nitrogens is 1. The summed E-state index contributed by atoms with van der Waals surface area (Å²) >= 11 is 6.52. The van der Waals surface area contributed by atoms with E-state index < -0.39 is 5.92 Å². The number of allylic oxidation sites excluding steroid dienone is 3. The monoisotopic (exact) mass is 442 g/mol. The molecule has 2 aromatic carbocycles. The van der Waals surface area contributed by atoms with Gasteiger partial charge in [0, 0.05) is 22.7 Å². The minimum absolute atomic E-state index is 0.0174. The molecule has 0 spiro atoms. The molecule has 2 heterocycles. The summed E-state index contributed by atoms with van der Waals surface area (Å²) in [6.07, 6.45) is 2.27. The molecule has 0 bridgehead atoms. The number of halogens is 1. The van der Waals surface area contributed by atoms with Gasteiger partial charge in [-0.25, -0.2) is 5.10 Å². The third-order valence-corrected chi connectivity index (χ3v) is 6.41. The van der Waals surface area contributed by atoms with Gasteiger partial charge in [0.2, 0.25) is 5.95 Å². The highest BCUT2D eigenvalue weighted by atomic mass is 35.5. The minimum atomic E-state index is -0.632. The maximum absolute atomic E-state index is 13.6. The van der Waals surface area contributed by atoms with Crippen molar-refractivity contribution in [1.29, 1.82) is 5.26 Å². The van der Waals surface area contributed by atoms with Gasteiger partial charge in [0.25, 0.3) is 0 Å². The van der Waals surface area contributed by atoms with Gasteiger partial charge in [0.1, 0.15) is 12.1 Å². The summed E-state index contributed by atoms with van der Waals surface area (Å²) in [4.78, 5) is 19.6. The highest BCUT2D eigenvalue weighted by molar-refractivity contribution is 6.31. The van der Waals surface area contributed by atoms with E-state index in [0.717, 1.165) is 5.56 Å². The Labute approximate surface area is 189 Å². The molecule has 5 rings (SSSR count). The van der Waals surface area contributed by atoms with Crippen molar-refractivity contribution in [3.8, 4) is 6.07 Å². The molecule has 7 nitrogen and oxygen atoms in total. The lowest BCUT2D eigenvalue weighted by Crippen LogP contribution is -2.40. The molecule has 1 aromatic heterocycles. The summed E-state index contributed by atoms with van der Waals surface area (Å²) in [6.45, 7) is 0. The second kappa shape index (κ2) is 7.98. The molecule has 158 valence electrons. The zero-order chi connectivity index (χ0) is 22.2. The Morgan fingerprint density at radius 2 is 1.88 bits per heavy atom. The smallest absolute Gasteiger partial charge is 0.231 e. The van der Waals surface area contributed by atoms with E-state index in [1.54, 1.807) is 11.0 Å². The number of Topliss-reactive ketones (excluding diaryl/α,β-unsaturated/α-hetero) is 1. The third kappa shape index (κ3) is 3.17. The van der Waals surface area contributed by atoms with Crippen LogP contribution < -0.4 is 10.6 Å². The molecule has 8 heteroatoms. The standard InChI is InChI=1S/C24H19ClN6O/c25-18-9-5-4-8-16(18)21-17(12-26)23(27)31(24-28-13-29-30-24)19-10-15(11-20(32)22(19)21)14-6-2-1-3-7-14/h1-9,13,15,21H,10-11,27H2,(H,28,29,30)/t15-,21+/m0/s1. The second-order valence-electron chi connectivity index (χ2n) is 7.81. The maximum atomic E-state index is 13.6. The molecule has 2 atom stereocenters. The van der Waals surface area contributed by atoms with Crippen LogP contribution in [-0.4, -0.2) is 21.0 Å². The van der Waals surface area contributed by atoms with Crippen LogP contribution in [-0.2, 0) is 4.79 Å². The molecule has 1 aliphatic carbocycles. The van der Waals surface area contributed by atoms with E-state index in [0.29, 0.717) is 40.6 Å². The lowest BCUT2D eigenvalue weighted by Gasteiger charge is -2.40. The topological polar surface area (TPSA) is 112 Å². The molecule has 2 aliphatic rings. The molecule has 0 saturated heterocycles. The molecule has 0 fully saturated rings. The largest absolute Gasteiger partial charge is 0.384 e. The first-order valence-corrected chi connectivity index (χ1v) is 10.6. The summed E-state index contributed by atoms with van der Waals surface area (Å²) in [5, 5.41) is 17.3. The zero-order valence-electron chi connectivity index (χ0n) is 17.0. The number of benzene rings is 2. The van der Waals surface area contributed by atoms with Crippen LogP contribution in [0.25, 0.3) is 0 Å². The average Bonchev–Trinajstić information content (AvgIpc) is 3.33. The molecular weight excluding hydrogens is 424 g/mol. The Hall–Kier alpha value is -3.89. The molecule has 0 saturated carbocycles. The molecule has 3 N–H and O–H groups in total. The number of nitriles is 1. The van der Waals surface area contributed by atoms with Crippen LogP contribution in [0.5, 0.6) is 0 Å². The normalized spacial score (nSPS) is 20.9. The fourth-order valence-electron chi connectivity index (χ4n) is 4.66. The van der Waals surface area contributed by atoms with Crippen LogP contribution in [0.4, 0.5) is 5.95 Å². The number of ketones is 1. The number of carbonyl (C=O) groups excluding carboxylic acids is 1. The van der Waals surface area contributed by atoms with Crippen LogP contribution in [0, 0.1) is 11.3 Å². The fourth-order valence-corrected chi connectivity index (χ4v) is 4.90. The number of anilines is 1. The van der Waals surface area contributed by atoms with Crippen molar-refractivity contribution in [3.63, 3.8) is 0 Å². The van der Waals surface area contributed by atoms with Gasteiger partial charge in [-0.3, -0.25) is 9.69 Å². The molecular formula is C24H19ClN6O. The van der Waals surface area contributed by atoms with Crippen LogP contribution in [0.2, 0.25) is 5.02 Å². The molecule has 0 amide bonds. The number of hydrogen-bond donors (Lipinski definition) is 2. The first kappa shape index (κ1) is 20.0. The van der Waals surface area contributed by atoms with E-state index in [1.807, 2.05) is 48.5 Å². The van der Waals surface area contributed by atoms with E-state index in [9.17, 15) is 10.1 Å². The number of aromatic nitrogens is 3. The molecule has 0 unspecified atom stereocenters. The quantitative estimate of drug-likeness (QED) is 0.630. The van der Waals surface area contributed by atoms with E-state index >= 15 is 0 Å². The zero-order valence-corrected chi connectivity index (χ0v) is 17.8. The van der Waals surface area contributed by atoms with Crippen molar-refractivity contribution in [2.45, 2.75) is 24.7 Å². The average molecular weight is 443 g/mol. The fraction of sp³-hybridized carbons (Fsp3) is 0.167. The van der Waals surface area contributed by atoms with Crippen molar-refractivity contribution >= 4 is 23.3 Å². The van der Waals surface area contributed by atoms with Crippen molar-refractivity contribution in [2.75, 3.05) is 4.90 Å². The van der Waals surface area contributed by atoms with E-state index in [-0.39, 0.29) is 23.1 Å². The van der Waals surface area contributed by atoms with Crippen LogP contribution in [0.15, 0.2) is 83.6 Å². The summed E-state index contributed by atoms with van der Waals surface area (Å²) in [6, 6.07) is 19.4.